The van der Waals surface area contributed by atoms with Crippen LogP contribution in [0.1, 0.15) is 195 Å². The maximum atomic E-state index is 11.8. The Kier molecular flexibility index (Phi) is 39.2. The van der Waals surface area contributed by atoms with Crippen molar-refractivity contribution in [2.75, 3.05) is 26.4 Å². The number of carboxylic acid groups (broad SMARTS) is 1. The molecule has 1 N–H and O–H groups in total. The number of hydrogen-bond donors (Lipinski definition) is 1. The lowest BCUT2D eigenvalue weighted by Gasteiger charge is -2.05. The number of carboxylic acids is 1. The number of ketones is 7. The summed E-state index contributed by atoms with van der Waals surface area (Å²) >= 11 is 0. The van der Waals surface area contributed by atoms with Gasteiger partial charge in [0, 0.05) is 129 Å². The second-order valence-electron chi connectivity index (χ2n) is 18.1. The Hall–Kier alpha value is -7.56. The Morgan fingerprint density at radius 1 is 0.412 bits per heavy atom. The van der Waals surface area contributed by atoms with Crippen molar-refractivity contribution in [2.24, 2.45) is 0 Å². The van der Waals surface area contributed by atoms with Gasteiger partial charge in [0.15, 0.2) is 23.1 Å². The van der Waals surface area contributed by atoms with Crippen LogP contribution >= 0.6 is 0 Å². The normalized spacial score (nSPS) is 10.1. The Bertz CT molecular complexity index is 2530. The second kappa shape index (κ2) is 43.3. The molecule has 17 heteroatoms. The van der Waals surface area contributed by atoms with Gasteiger partial charge in [-0.15, -0.1) is 0 Å². The van der Waals surface area contributed by atoms with Crippen LogP contribution < -0.4 is 0 Å². The molecule has 0 aromatic carbocycles. The molecule has 0 amide bonds. The van der Waals surface area contributed by atoms with E-state index in [0.717, 1.165) is 17.3 Å². The van der Waals surface area contributed by atoms with Gasteiger partial charge in [-0.25, -0.2) is 0 Å². The topological polar surface area (TPSA) is 246 Å². The number of furan rings is 4. The van der Waals surface area contributed by atoms with Crippen molar-refractivity contribution in [3.8, 4) is 0 Å². The minimum absolute atomic E-state index is 0. The molecule has 0 aliphatic carbocycles. The third-order valence-electron chi connectivity index (χ3n) is 11.3. The van der Waals surface area contributed by atoms with E-state index in [1.54, 1.807) is 31.4 Å². The maximum absolute atomic E-state index is 11.8. The number of rotatable bonds is 40. The first-order chi connectivity index (χ1) is 37.7. The van der Waals surface area contributed by atoms with E-state index in [4.69, 9.17) is 41.7 Å². The Morgan fingerprint density at radius 3 is 1.07 bits per heavy atom. The molecular formula is C63H88O17. The lowest BCUT2D eigenvalue weighted by atomic mass is 10.1. The van der Waals surface area contributed by atoms with Crippen molar-refractivity contribution in [1.82, 2.24) is 0 Å². The van der Waals surface area contributed by atoms with Gasteiger partial charge < -0.3 is 46.5 Å². The summed E-state index contributed by atoms with van der Waals surface area (Å²) in [5.41, 5.74) is 0. The van der Waals surface area contributed by atoms with E-state index in [1.807, 2.05) is 52.0 Å². The molecule has 0 spiro atoms. The standard InChI is InChI=1S/C17H22O6.C17H24O4.C15H20O4.C13H18O3.CH4/c1-3-22-12(2)4-5-13(18)6-7-14-8-10-16(23-14)15(19)9-11-17(20)21;1-4-20-14(3)6-7-15(19)8-10-17-12-11-16(21-17)9-5-13(2)18;1-4-18-11(2)5-6-13(17)7-8-14-9-10-15(19-14)12(3)16;1-3-15-11(2)6-7-12(14)8-9-13-5-4-10-16-13;/h8,10H,2-7,9,11H2,1H3,(H,20,21);11-12H,3-10H2,1-2H3;9-10H,2,4-8H2,1,3H3;4-5,10H,2-3,6-9H2,1H3;1H4. The fourth-order valence-electron chi connectivity index (χ4n) is 6.92. The highest BCUT2D eigenvalue weighted by Gasteiger charge is 2.15. The quantitative estimate of drug-likeness (QED) is 0.0321. The van der Waals surface area contributed by atoms with Crippen LogP contribution in [-0.2, 0) is 79.8 Å². The average Bonchev–Trinajstić information content (AvgIpc) is 4.28. The maximum Gasteiger partial charge on any atom is 0.303 e. The molecule has 0 saturated heterocycles. The summed E-state index contributed by atoms with van der Waals surface area (Å²) in [7, 11) is 0. The molecule has 0 unspecified atom stereocenters. The van der Waals surface area contributed by atoms with Crippen molar-refractivity contribution in [1.29, 1.82) is 0 Å². The van der Waals surface area contributed by atoms with Gasteiger partial charge in [-0.05, 0) is 83.1 Å². The molecule has 0 fully saturated rings. The summed E-state index contributed by atoms with van der Waals surface area (Å²) in [4.78, 5) is 90.8. The van der Waals surface area contributed by atoms with E-state index in [0.29, 0.717) is 182 Å². The minimum atomic E-state index is -1.02. The third kappa shape index (κ3) is 36.5. The molecule has 0 bridgehead atoms. The lowest BCUT2D eigenvalue weighted by Crippen LogP contribution is -2.03. The summed E-state index contributed by atoms with van der Waals surface area (Å²) in [6, 6.07) is 14.0. The predicted molar refractivity (Wildman–Crippen MR) is 305 cm³/mol. The molecule has 0 aliphatic rings. The summed E-state index contributed by atoms with van der Waals surface area (Å²) in [6.07, 6.45) is 10.3. The first kappa shape index (κ1) is 72.4. The number of aliphatic carboxylic acids is 1. The highest BCUT2D eigenvalue weighted by atomic mass is 16.5. The third-order valence-corrected chi connectivity index (χ3v) is 11.3. The van der Waals surface area contributed by atoms with Gasteiger partial charge in [-0.2, -0.15) is 0 Å². The molecule has 0 saturated carbocycles. The van der Waals surface area contributed by atoms with Gasteiger partial charge >= 0.3 is 5.97 Å². The first-order valence-corrected chi connectivity index (χ1v) is 27.0. The molecule has 0 radical (unpaired) electrons. The van der Waals surface area contributed by atoms with Crippen molar-refractivity contribution in [2.45, 2.75) is 177 Å². The van der Waals surface area contributed by atoms with E-state index in [9.17, 15) is 38.4 Å². The number of carbonyl (C=O) groups is 8. The van der Waals surface area contributed by atoms with Gasteiger partial charge in [0.1, 0.15) is 57.7 Å². The van der Waals surface area contributed by atoms with E-state index in [2.05, 4.69) is 26.3 Å². The van der Waals surface area contributed by atoms with Crippen LogP contribution in [0.5, 0.6) is 0 Å². The van der Waals surface area contributed by atoms with Crippen LogP contribution in [0.4, 0.5) is 0 Å². The molecule has 0 atom stereocenters. The zero-order valence-corrected chi connectivity index (χ0v) is 47.5. The fourth-order valence-corrected chi connectivity index (χ4v) is 6.92. The molecule has 17 nitrogen and oxygen atoms in total. The Morgan fingerprint density at radius 2 is 0.750 bits per heavy atom. The van der Waals surface area contributed by atoms with Gasteiger partial charge in [0.2, 0.25) is 0 Å². The lowest BCUT2D eigenvalue weighted by molar-refractivity contribution is -0.137. The number of Topliss-reactive ketones (excluding diaryl/α,β-unsaturated/α-hetero) is 7. The van der Waals surface area contributed by atoms with Crippen molar-refractivity contribution >= 4 is 46.5 Å². The molecule has 4 aromatic rings. The van der Waals surface area contributed by atoms with E-state index >= 15 is 0 Å². The van der Waals surface area contributed by atoms with Crippen molar-refractivity contribution < 1.29 is 80.1 Å². The summed E-state index contributed by atoms with van der Waals surface area (Å²) in [5.74, 6) is 6.03. The van der Waals surface area contributed by atoms with Crippen LogP contribution in [0.25, 0.3) is 0 Å². The van der Waals surface area contributed by atoms with Gasteiger partial charge in [0.25, 0.3) is 0 Å². The second-order valence-corrected chi connectivity index (χ2v) is 18.1. The van der Waals surface area contributed by atoms with Crippen molar-refractivity contribution in [3.63, 3.8) is 0 Å². The molecule has 4 heterocycles. The number of ether oxygens (including phenoxy) is 4. The van der Waals surface area contributed by atoms with Gasteiger partial charge in [0.05, 0.1) is 62.1 Å². The zero-order chi connectivity index (χ0) is 59.0. The SMILES string of the molecule is C.C=C(CCC(=O)CCc1ccc(C(=O)CCC(=O)O)o1)OCC.C=C(CCC(=O)CCc1ccc(C(C)=O)o1)OCC.C=C(CCC(=O)CCc1ccc(CCC(C)=O)o1)OCC.C=C(CCC(=O)CCc1ccco1)OCC. The summed E-state index contributed by atoms with van der Waals surface area (Å²) in [5, 5.41) is 8.55. The number of aryl methyl sites for hydroxylation is 5. The Balaban J connectivity index is 0.00000104. The summed E-state index contributed by atoms with van der Waals surface area (Å²) < 4.78 is 42.2. The fraction of sp³-hybridized carbons (Fsp3) is 0.492. The number of allylic oxidation sites excluding steroid dienone is 4. The zero-order valence-electron chi connectivity index (χ0n) is 47.5. The largest absolute Gasteiger partial charge is 0.499 e. The van der Waals surface area contributed by atoms with E-state index in [1.165, 1.54) is 13.0 Å². The molecular weight excluding hydrogens is 1030 g/mol. The van der Waals surface area contributed by atoms with E-state index in [-0.39, 0.29) is 66.5 Å². The summed E-state index contributed by atoms with van der Waals surface area (Å²) in [6.45, 7) is 27.8. The minimum Gasteiger partial charge on any atom is -0.499 e. The average molecular weight is 1120 g/mol. The first-order valence-electron chi connectivity index (χ1n) is 27.0. The molecule has 0 aliphatic heterocycles. The van der Waals surface area contributed by atoms with Crippen LogP contribution in [0.2, 0.25) is 0 Å². The smallest absolute Gasteiger partial charge is 0.303 e. The predicted octanol–water partition coefficient (Wildman–Crippen LogP) is 13.9. The van der Waals surface area contributed by atoms with Gasteiger partial charge in [-0.3, -0.25) is 33.6 Å². The highest BCUT2D eigenvalue weighted by Crippen LogP contribution is 2.18. The van der Waals surface area contributed by atoms with Crippen molar-refractivity contribution in [3.05, 3.63) is 144 Å². The van der Waals surface area contributed by atoms with Gasteiger partial charge in [-0.1, -0.05) is 33.7 Å². The monoisotopic (exact) mass is 1120 g/mol. The molecule has 442 valence electrons. The van der Waals surface area contributed by atoms with Crippen LogP contribution in [0.3, 0.4) is 0 Å². The van der Waals surface area contributed by atoms with Crippen LogP contribution in [0.15, 0.2) is 122 Å². The molecule has 4 rings (SSSR count). The number of hydrogen-bond acceptors (Lipinski definition) is 16. The molecule has 80 heavy (non-hydrogen) atoms. The highest BCUT2D eigenvalue weighted by molar-refractivity contribution is 5.95. The Labute approximate surface area is 473 Å². The molecule has 4 aromatic heterocycles. The van der Waals surface area contributed by atoms with Crippen LogP contribution in [0, 0.1) is 0 Å². The van der Waals surface area contributed by atoms with E-state index < -0.39 is 5.97 Å². The number of carbonyl (C=O) groups excluding carboxylic acids is 7. The van der Waals surface area contributed by atoms with Crippen LogP contribution in [-0.4, -0.2) is 78.0 Å².